The third kappa shape index (κ3) is 5.55. The summed E-state index contributed by atoms with van der Waals surface area (Å²) in [5.41, 5.74) is 3.83. The van der Waals surface area contributed by atoms with Gasteiger partial charge in [-0.3, -0.25) is 4.79 Å². The van der Waals surface area contributed by atoms with Gasteiger partial charge in [-0.25, -0.2) is 4.98 Å². The molecule has 33 heavy (non-hydrogen) atoms. The number of ether oxygens (including phenoxy) is 1. The molecule has 0 bridgehead atoms. The summed E-state index contributed by atoms with van der Waals surface area (Å²) in [6.45, 7) is 5.44. The number of hydrogen-bond acceptors (Lipinski definition) is 3. The van der Waals surface area contributed by atoms with Crippen molar-refractivity contribution < 1.29 is 9.53 Å². The van der Waals surface area contributed by atoms with Gasteiger partial charge in [0.25, 0.3) is 5.91 Å². The van der Waals surface area contributed by atoms with Crippen molar-refractivity contribution >= 4 is 28.5 Å². The number of carbonyl (C=O) groups excluding carboxylic acids is 1. The number of imidazole rings is 1. The maximum Gasteiger partial charge on any atom is 0.251 e. The smallest absolute Gasteiger partial charge is 0.251 e. The van der Waals surface area contributed by atoms with E-state index >= 15 is 0 Å². The van der Waals surface area contributed by atoms with E-state index in [9.17, 15) is 4.79 Å². The van der Waals surface area contributed by atoms with Crippen molar-refractivity contribution in [2.24, 2.45) is 0 Å². The van der Waals surface area contributed by atoms with Gasteiger partial charge in [-0.15, -0.1) is 0 Å². The van der Waals surface area contributed by atoms with Crippen molar-refractivity contribution in [3.05, 3.63) is 94.8 Å². The lowest BCUT2D eigenvalue weighted by atomic mass is 10.2. The van der Waals surface area contributed by atoms with E-state index in [4.69, 9.17) is 21.3 Å². The first-order valence-electron chi connectivity index (χ1n) is 11.3. The number of carbonyl (C=O) groups is 1. The molecule has 5 nitrogen and oxygen atoms in total. The molecule has 0 radical (unpaired) electrons. The van der Waals surface area contributed by atoms with Crippen molar-refractivity contribution in [3.8, 4) is 5.75 Å². The van der Waals surface area contributed by atoms with Gasteiger partial charge in [0.05, 0.1) is 23.7 Å². The Morgan fingerprint density at radius 2 is 1.79 bits per heavy atom. The number of hydrogen-bond donors (Lipinski definition) is 1. The highest BCUT2D eigenvalue weighted by molar-refractivity contribution is 6.30. The summed E-state index contributed by atoms with van der Waals surface area (Å²) < 4.78 is 8.11. The number of fused-ring (bicyclic) bond motifs is 1. The molecule has 1 heterocycles. The molecule has 0 aliphatic carbocycles. The lowest BCUT2D eigenvalue weighted by Crippen LogP contribution is -2.28. The number of amides is 1. The van der Waals surface area contributed by atoms with Crippen molar-refractivity contribution in [1.29, 1.82) is 0 Å². The Labute approximate surface area is 199 Å². The van der Waals surface area contributed by atoms with E-state index in [0.29, 0.717) is 17.2 Å². The minimum Gasteiger partial charge on any atom is -0.494 e. The summed E-state index contributed by atoms with van der Waals surface area (Å²) in [6, 6.07) is 22.9. The van der Waals surface area contributed by atoms with Crippen LogP contribution in [0.3, 0.4) is 0 Å². The topological polar surface area (TPSA) is 56.1 Å². The molecule has 0 saturated carbocycles. The Hall–Kier alpha value is -3.31. The Balaban J connectivity index is 1.45. The van der Waals surface area contributed by atoms with E-state index in [-0.39, 0.29) is 11.9 Å². The number of halogens is 1. The molecule has 6 heteroatoms. The summed E-state index contributed by atoms with van der Waals surface area (Å²) in [5.74, 6) is 1.55. The van der Waals surface area contributed by atoms with Gasteiger partial charge < -0.3 is 14.6 Å². The van der Waals surface area contributed by atoms with E-state index in [1.165, 1.54) is 5.56 Å². The number of nitrogens with one attached hydrogen (secondary N) is 1. The van der Waals surface area contributed by atoms with Gasteiger partial charge in [-0.1, -0.05) is 42.8 Å². The summed E-state index contributed by atoms with van der Waals surface area (Å²) in [6.07, 6.45) is 1.84. The quantitative estimate of drug-likeness (QED) is 0.301. The van der Waals surface area contributed by atoms with Gasteiger partial charge in [-0.05, 0) is 73.9 Å². The zero-order chi connectivity index (χ0) is 23.2. The van der Waals surface area contributed by atoms with Crippen LogP contribution in [0, 0.1) is 0 Å². The van der Waals surface area contributed by atoms with Crippen molar-refractivity contribution in [2.75, 3.05) is 6.61 Å². The average molecular weight is 462 g/mol. The second kappa shape index (κ2) is 10.5. The molecule has 0 spiro atoms. The molecular formula is C27H28ClN3O2. The van der Waals surface area contributed by atoms with Gasteiger partial charge in [0.1, 0.15) is 11.6 Å². The second-order valence-electron chi connectivity index (χ2n) is 8.01. The summed E-state index contributed by atoms with van der Waals surface area (Å²) >= 11 is 5.94. The fourth-order valence-corrected chi connectivity index (χ4v) is 3.97. The van der Waals surface area contributed by atoms with Crippen LogP contribution in [0.1, 0.15) is 48.1 Å². The predicted molar refractivity (Wildman–Crippen MR) is 133 cm³/mol. The van der Waals surface area contributed by atoms with Crippen molar-refractivity contribution in [1.82, 2.24) is 14.9 Å². The third-order valence-electron chi connectivity index (χ3n) is 5.65. The Kier molecular flexibility index (Phi) is 7.30. The maximum absolute atomic E-state index is 12.7. The van der Waals surface area contributed by atoms with Gasteiger partial charge in [0.15, 0.2) is 0 Å². The van der Waals surface area contributed by atoms with Crippen molar-refractivity contribution in [3.63, 3.8) is 0 Å². The normalized spacial score (nSPS) is 12.0. The number of benzene rings is 3. The molecule has 170 valence electrons. The first-order chi connectivity index (χ1) is 16.0. The summed E-state index contributed by atoms with van der Waals surface area (Å²) in [4.78, 5) is 17.5. The van der Waals surface area contributed by atoms with E-state index in [0.717, 1.165) is 42.0 Å². The molecule has 0 saturated heterocycles. The SMILES string of the molecule is CCc1ccc(OCCCn2c(C(C)NC(=O)c3ccc(Cl)cc3)nc3ccccc32)cc1. The number of aryl methyl sites for hydroxylation is 2. The van der Waals surface area contributed by atoms with Crippen LogP contribution < -0.4 is 10.1 Å². The van der Waals surface area contributed by atoms with Crippen LogP contribution in [0.15, 0.2) is 72.8 Å². The molecule has 1 aromatic heterocycles. The summed E-state index contributed by atoms with van der Waals surface area (Å²) in [5, 5.41) is 3.67. The second-order valence-corrected chi connectivity index (χ2v) is 8.45. The monoisotopic (exact) mass is 461 g/mol. The lowest BCUT2D eigenvalue weighted by molar-refractivity contribution is 0.0937. The lowest BCUT2D eigenvalue weighted by Gasteiger charge is -2.17. The zero-order valence-corrected chi connectivity index (χ0v) is 19.7. The molecule has 1 atom stereocenters. The Morgan fingerprint density at radius 1 is 1.06 bits per heavy atom. The highest BCUT2D eigenvalue weighted by Crippen LogP contribution is 2.22. The largest absolute Gasteiger partial charge is 0.494 e. The number of nitrogens with zero attached hydrogens (tertiary/aromatic N) is 2. The molecule has 4 aromatic rings. The Bertz CT molecular complexity index is 1220. The average Bonchev–Trinajstić information content (AvgIpc) is 3.21. The van der Waals surface area contributed by atoms with Gasteiger partial charge >= 0.3 is 0 Å². The minimum atomic E-state index is -0.261. The van der Waals surface area contributed by atoms with Crippen LogP contribution >= 0.6 is 11.6 Å². The zero-order valence-electron chi connectivity index (χ0n) is 18.9. The predicted octanol–water partition coefficient (Wildman–Crippen LogP) is 6.21. The van der Waals surface area contributed by atoms with Crippen LogP contribution in [-0.2, 0) is 13.0 Å². The molecular weight excluding hydrogens is 434 g/mol. The fourth-order valence-electron chi connectivity index (χ4n) is 3.84. The van der Waals surface area contributed by atoms with E-state index in [1.54, 1.807) is 24.3 Å². The molecule has 1 unspecified atom stereocenters. The van der Waals surface area contributed by atoms with Crippen LogP contribution in [0.5, 0.6) is 5.75 Å². The number of aromatic nitrogens is 2. The van der Waals surface area contributed by atoms with Gasteiger partial charge in [0, 0.05) is 17.1 Å². The van der Waals surface area contributed by atoms with Gasteiger partial charge in [0.2, 0.25) is 0 Å². The van der Waals surface area contributed by atoms with Crippen LogP contribution in [0.2, 0.25) is 5.02 Å². The summed E-state index contributed by atoms with van der Waals surface area (Å²) in [7, 11) is 0. The van der Waals surface area contributed by atoms with E-state index < -0.39 is 0 Å². The highest BCUT2D eigenvalue weighted by atomic mass is 35.5. The van der Waals surface area contributed by atoms with Gasteiger partial charge in [-0.2, -0.15) is 0 Å². The van der Waals surface area contributed by atoms with Crippen LogP contribution in [0.4, 0.5) is 0 Å². The number of rotatable bonds is 9. The van der Waals surface area contributed by atoms with E-state index in [2.05, 4.69) is 35.0 Å². The molecule has 0 aliphatic heterocycles. The Morgan fingerprint density at radius 3 is 2.52 bits per heavy atom. The first-order valence-corrected chi connectivity index (χ1v) is 11.7. The molecule has 1 amide bonds. The fraction of sp³-hybridized carbons (Fsp3) is 0.259. The molecule has 1 N–H and O–H groups in total. The van der Waals surface area contributed by atoms with Crippen LogP contribution in [0.25, 0.3) is 11.0 Å². The van der Waals surface area contributed by atoms with Crippen molar-refractivity contribution in [2.45, 2.75) is 39.3 Å². The standard InChI is InChI=1S/C27H28ClN3O2/c1-3-20-9-15-23(16-10-20)33-18-6-17-31-25-8-5-4-7-24(25)30-26(31)19(2)29-27(32)21-11-13-22(28)14-12-21/h4-5,7-16,19H,3,6,17-18H2,1-2H3,(H,29,32). The van der Waals surface area contributed by atoms with Crippen LogP contribution in [-0.4, -0.2) is 22.1 Å². The molecule has 3 aromatic carbocycles. The minimum absolute atomic E-state index is 0.156. The third-order valence-corrected chi connectivity index (χ3v) is 5.90. The highest BCUT2D eigenvalue weighted by Gasteiger charge is 2.19. The first kappa shape index (κ1) is 22.9. The maximum atomic E-state index is 12.7. The van der Waals surface area contributed by atoms with E-state index in [1.807, 2.05) is 37.3 Å². The molecule has 0 aliphatic rings. The molecule has 4 rings (SSSR count). The number of para-hydroxylation sites is 2. The molecule has 0 fully saturated rings.